The van der Waals surface area contributed by atoms with E-state index in [4.69, 9.17) is 9.47 Å². The number of hydrogen-bond acceptors (Lipinski definition) is 6. The van der Waals surface area contributed by atoms with Crippen LogP contribution in [0.1, 0.15) is 23.5 Å². The molecule has 1 aromatic carbocycles. The van der Waals surface area contributed by atoms with Crippen LogP contribution in [0.25, 0.3) is 0 Å². The van der Waals surface area contributed by atoms with E-state index in [0.29, 0.717) is 17.1 Å². The molecule has 1 aromatic heterocycles. The minimum Gasteiger partial charge on any atom is -0.493 e. The average Bonchev–Trinajstić information content (AvgIpc) is 3.10. The van der Waals surface area contributed by atoms with Crippen molar-refractivity contribution in [1.29, 1.82) is 0 Å². The molecule has 0 aliphatic rings. The van der Waals surface area contributed by atoms with Crippen molar-refractivity contribution in [3.8, 4) is 11.5 Å². The molecule has 138 valence electrons. The van der Waals surface area contributed by atoms with Crippen LogP contribution in [0.4, 0.5) is 0 Å². The SMILES string of the molecule is CCc1ccc(S(=O)(=O)N(C)CC(O)c2ccc(OC)c(OC)c2)s1. The summed E-state index contributed by atoms with van der Waals surface area (Å²) in [6.45, 7) is 1.92. The molecule has 0 radical (unpaired) electrons. The van der Waals surface area contributed by atoms with Crippen molar-refractivity contribution < 1.29 is 23.0 Å². The van der Waals surface area contributed by atoms with Gasteiger partial charge in [-0.15, -0.1) is 11.3 Å². The summed E-state index contributed by atoms with van der Waals surface area (Å²) in [7, 11) is 0.873. The number of aryl methyl sites for hydroxylation is 1. The lowest BCUT2D eigenvalue weighted by molar-refractivity contribution is 0.154. The molecule has 6 nitrogen and oxygen atoms in total. The van der Waals surface area contributed by atoms with Crippen molar-refractivity contribution in [2.75, 3.05) is 27.8 Å². The Morgan fingerprint density at radius 2 is 1.84 bits per heavy atom. The van der Waals surface area contributed by atoms with Crippen LogP contribution < -0.4 is 9.47 Å². The quantitative estimate of drug-likeness (QED) is 0.756. The maximum atomic E-state index is 12.6. The number of likely N-dealkylation sites (N-methyl/N-ethyl adjacent to an activating group) is 1. The standard InChI is InChI=1S/C17H23NO5S2/c1-5-13-7-9-17(24-13)25(20,21)18(2)11-14(19)12-6-8-15(22-3)16(10-12)23-4/h6-10,14,19H,5,11H2,1-4H3. The molecule has 0 amide bonds. The number of aliphatic hydroxyl groups is 1. The number of sulfonamides is 1. The van der Waals surface area contributed by atoms with Gasteiger partial charge in [0.05, 0.1) is 20.3 Å². The smallest absolute Gasteiger partial charge is 0.252 e. The van der Waals surface area contributed by atoms with E-state index < -0.39 is 16.1 Å². The second-order valence-corrected chi connectivity index (χ2v) is 8.93. The third kappa shape index (κ3) is 4.33. The van der Waals surface area contributed by atoms with Crippen molar-refractivity contribution in [2.45, 2.75) is 23.7 Å². The van der Waals surface area contributed by atoms with Crippen molar-refractivity contribution in [3.63, 3.8) is 0 Å². The molecular weight excluding hydrogens is 362 g/mol. The number of benzene rings is 1. The molecule has 0 bridgehead atoms. The highest BCUT2D eigenvalue weighted by Crippen LogP contribution is 2.31. The Bertz CT molecular complexity index is 816. The molecule has 1 atom stereocenters. The zero-order chi connectivity index (χ0) is 18.6. The Morgan fingerprint density at radius 1 is 1.16 bits per heavy atom. The molecule has 0 saturated heterocycles. The molecule has 25 heavy (non-hydrogen) atoms. The molecule has 2 rings (SSSR count). The third-order valence-corrected chi connectivity index (χ3v) is 7.39. The minimum absolute atomic E-state index is 0.0584. The largest absolute Gasteiger partial charge is 0.493 e. The summed E-state index contributed by atoms with van der Waals surface area (Å²) in [5, 5.41) is 10.4. The second kappa shape index (κ2) is 8.18. The first-order valence-corrected chi connectivity index (χ1v) is 10.0. The Morgan fingerprint density at radius 3 is 2.40 bits per heavy atom. The molecule has 0 spiro atoms. The fourth-order valence-electron chi connectivity index (χ4n) is 2.35. The first kappa shape index (κ1) is 19.7. The Balaban J connectivity index is 2.17. The lowest BCUT2D eigenvalue weighted by Gasteiger charge is -2.20. The molecule has 1 heterocycles. The van der Waals surface area contributed by atoms with E-state index in [0.717, 1.165) is 11.3 Å². The normalized spacial score (nSPS) is 13.0. The zero-order valence-electron chi connectivity index (χ0n) is 14.7. The maximum Gasteiger partial charge on any atom is 0.252 e. The Hall–Kier alpha value is -1.61. The number of methoxy groups -OCH3 is 2. The van der Waals surface area contributed by atoms with Gasteiger partial charge in [0, 0.05) is 18.5 Å². The summed E-state index contributed by atoms with van der Waals surface area (Å²) in [5.41, 5.74) is 0.556. The van der Waals surface area contributed by atoms with Gasteiger partial charge in [0.25, 0.3) is 10.0 Å². The predicted octanol–water partition coefficient (Wildman–Crippen LogP) is 2.68. The van der Waals surface area contributed by atoms with Gasteiger partial charge in [-0.25, -0.2) is 8.42 Å². The van der Waals surface area contributed by atoms with Crippen LogP contribution in [0.15, 0.2) is 34.5 Å². The Labute approximate surface area is 152 Å². The summed E-state index contributed by atoms with van der Waals surface area (Å²) in [5.74, 6) is 1.03. The van der Waals surface area contributed by atoms with Gasteiger partial charge in [-0.05, 0) is 36.2 Å². The first-order valence-electron chi connectivity index (χ1n) is 7.78. The Kier molecular flexibility index (Phi) is 6.45. The fraction of sp³-hybridized carbons (Fsp3) is 0.412. The molecular formula is C17H23NO5S2. The second-order valence-electron chi connectivity index (χ2n) is 5.49. The zero-order valence-corrected chi connectivity index (χ0v) is 16.4. The molecule has 2 aromatic rings. The molecule has 1 N–H and O–H groups in total. The average molecular weight is 386 g/mol. The van der Waals surface area contributed by atoms with Crippen LogP contribution in [0.3, 0.4) is 0 Å². The molecule has 0 aliphatic heterocycles. The molecule has 8 heteroatoms. The number of nitrogens with zero attached hydrogens (tertiary/aromatic N) is 1. The van der Waals surface area contributed by atoms with E-state index in [9.17, 15) is 13.5 Å². The van der Waals surface area contributed by atoms with Gasteiger partial charge in [-0.1, -0.05) is 13.0 Å². The first-order chi connectivity index (χ1) is 11.8. The van der Waals surface area contributed by atoms with Crippen LogP contribution >= 0.6 is 11.3 Å². The van der Waals surface area contributed by atoms with Crippen LogP contribution in [0.5, 0.6) is 11.5 Å². The van der Waals surface area contributed by atoms with Crippen molar-refractivity contribution in [1.82, 2.24) is 4.31 Å². The van der Waals surface area contributed by atoms with E-state index >= 15 is 0 Å². The van der Waals surface area contributed by atoms with Gasteiger partial charge in [0.15, 0.2) is 11.5 Å². The lowest BCUT2D eigenvalue weighted by Crippen LogP contribution is -2.30. The highest BCUT2D eigenvalue weighted by atomic mass is 32.2. The van der Waals surface area contributed by atoms with Gasteiger partial charge in [0.1, 0.15) is 4.21 Å². The predicted molar refractivity (Wildman–Crippen MR) is 98.0 cm³/mol. The van der Waals surface area contributed by atoms with Gasteiger partial charge < -0.3 is 14.6 Å². The summed E-state index contributed by atoms with van der Waals surface area (Å²) < 4.78 is 37.1. The van der Waals surface area contributed by atoms with Crippen LogP contribution in [0, 0.1) is 0 Å². The van der Waals surface area contributed by atoms with Gasteiger partial charge >= 0.3 is 0 Å². The highest BCUT2D eigenvalue weighted by Gasteiger charge is 2.25. The van der Waals surface area contributed by atoms with Crippen LogP contribution in [0.2, 0.25) is 0 Å². The van der Waals surface area contributed by atoms with Crippen molar-refractivity contribution in [2.24, 2.45) is 0 Å². The van der Waals surface area contributed by atoms with Gasteiger partial charge in [0.2, 0.25) is 0 Å². The number of hydrogen-bond donors (Lipinski definition) is 1. The van der Waals surface area contributed by atoms with E-state index in [2.05, 4.69) is 0 Å². The maximum absolute atomic E-state index is 12.6. The summed E-state index contributed by atoms with van der Waals surface area (Å²) in [6, 6.07) is 8.43. The highest BCUT2D eigenvalue weighted by molar-refractivity contribution is 7.91. The van der Waals surface area contributed by atoms with E-state index in [1.54, 1.807) is 24.3 Å². The van der Waals surface area contributed by atoms with E-state index in [1.807, 2.05) is 13.0 Å². The van der Waals surface area contributed by atoms with Crippen molar-refractivity contribution in [3.05, 3.63) is 40.8 Å². The molecule has 0 aliphatic carbocycles. The third-order valence-electron chi connectivity index (χ3n) is 3.87. The summed E-state index contributed by atoms with van der Waals surface area (Å²) in [4.78, 5) is 1.01. The summed E-state index contributed by atoms with van der Waals surface area (Å²) in [6.07, 6.45) is -0.191. The minimum atomic E-state index is -3.62. The summed E-state index contributed by atoms with van der Waals surface area (Å²) >= 11 is 1.25. The van der Waals surface area contributed by atoms with E-state index in [1.165, 1.54) is 36.9 Å². The lowest BCUT2D eigenvalue weighted by atomic mass is 10.1. The van der Waals surface area contributed by atoms with Crippen LogP contribution in [-0.4, -0.2) is 45.6 Å². The number of thiophene rings is 1. The van der Waals surface area contributed by atoms with Gasteiger partial charge in [-0.2, -0.15) is 4.31 Å². The fourth-order valence-corrected chi connectivity index (χ4v) is 5.03. The van der Waals surface area contributed by atoms with Crippen molar-refractivity contribution >= 4 is 21.4 Å². The molecule has 0 saturated carbocycles. The number of aliphatic hydroxyl groups excluding tert-OH is 1. The van der Waals surface area contributed by atoms with Gasteiger partial charge in [-0.3, -0.25) is 0 Å². The van der Waals surface area contributed by atoms with Crippen LogP contribution in [-0.2, 0) is 16.4 Å². The molecule has 0 fully saturated rings. The monoisotopic (exact) mass is 385 g/mol. The number of rotatable bonds is 8. The topological polar surface area (TPSA) is 76.1 Å². The molecule has 1 unspecified atom stereocenters. The van der Waals surface area contributed by atoms with E-state index in [-0.39, 0.29) is 10.8 Å². The number of ether oxygens (including phenoxy) is 2.